The summed E-state index contributed by atoms with van der Waals surface area (Å²) in [6, 6.07) is 17.8. The van der Waals surface area contributed by atoms with Gasteiger partial charge in [-0.25, -0.2) is 0 Å². The van der Waals surface area contributed by atoms with Crippen molar-refractivity contribution in [2.45, 2.75) is 43.5 Å². The Hall–Kier alpha value is -1.61. The van der Waals surface area contributed by atoms with Crippen LogP contribution < -0.4 is 4.40 Å². The Morgan fingerprint density at radius 3 is 2.25 bits per heavy atom. The van der Waals surface area contributed by atoms with Gasteiger partial charge in [0.05, 0.1) is 0 Å². The predicted molar refractivity (Wildman–Crippen MR) is 109 cm³/mol. The van der Waals surface area contributed by atoms with Gasteiger partial charge in [-0.05, 0) is 0 Å². The summed E-state index contributed by atoms with van der Waals surface area (Å²) in [7, 11) is 0. The summed E-state index contributed by atoms with van der Waals surface area (Å²) in [5.41, 5.74) is 3.83. The van der Waals surface area contributed by atoms with E-state index in [0.717, 1.165) is 5.69 Å². The second-order valence-corrected chi connectivity index (χ2v) is 19.3. The first kappa shape index (κ1) is 17.2. The van der Waals surface area contributed by atoms with Crippen LogP contribution in [-0.2, 0) is 5.41 Å². The molecule has 0 amide bonds. The van der Waals surface area contributed by atoms with Gasteiger partial charge in [0.1, 0.15) is 0 Å². The van der Waals surface area contributed by atoms with E-state index in [4.69, 9.17) is 0 Å². The summed E-state index contributed by atoms with van der Waals surface area (Å²) in [6.45, 7) is 6.85. The molecule has 0 saturated heterocycles. The molecule has 2 heteroatoms. The molecule has 0 N–H and O–H groups in total. The summed E-state index contributed by atoms with van der Waals surface area (Å²) < 4.78 is 1.51. The minimum absolute atomic E-state index is 0.106. The molecule has 0 radical (unpaired) electrons. The second-order valence-electron chi connectivity index (χ2n) is 8.67. The normalized spacial score (nSPS) is 12.6. The van der Waals surface area contributed by atoms with E-state index in [9.17, 15) is 0 Å². The van der Waals surface area contributed by atoms with Gasteiger partial charge in [0.2, 0.25) is 0 Å². The van der Waals surface area contributed by atoms with Crippen molar-refractivity contribution in [3.63, 3.8) is 0 Å². The van der Waals surface area contributed by atoms with E-state index in [1.807, 2.05) is 6.20 Å². The zero-order chi connectivity index (χ0) is 17.5. The molecule has 1 aromatic heterocycles. The van der Waals surface area contributed by atoms with Crippen molar-refractivity contribution < 1.29 is 0 Å². The molecule has 3 aromatic rings. The van der Waals surface area contributed by atoms with Crippen molar-refractivity contribution in [1.29, 1.82) is 0 Å². The number of pyridine rings is 1. The summed E-state index contributed by atoms with van der Waals surface area (Å²) in [6.07, 6.45) is 1.98. The Morgan fingerprint density at radius 1 is 0.875 bits per heavy atom. The molecule has 0 aliphatic rings. The molecular weight excluding hydrogens is 351 g/mol. The molecular formula is C22H27GeN. The first-order valence-corrected chi connectivity index (χ1v) is 16.0. The molecule has 1 heterocycles. The van der Waals surface area contributed by atoms with Crippen molar-refractivity contribution in [2.75, 3.05) is 0 Å². The molecule has 0 saturated carbocycles. The van der Waals surface area contributed by atoms with Crippen molar-refractivity contribution in [2.24, 2.45) is 0 Å². The van der Waals surface area contributed by atoms with Crippen LogP contribution in [0, 0.1) is 0 Å². The second kappa shape index (κ2) is 6.04. The number of aromatic nitrogens is 1. The molecule has 1 nitrogen and oxygen atoms in total. The van der Waals surface area contributed by atoms with Crippen LogP contribution in [0.3, 0.4) is 0 Å². The van der Waals surface area contributed by atoms with Crippen molar-refractivity contribution in [3.8, 4) is 11.3 Å². The Labute approximate surface area is 148 Å². The standard InChI is InChI=1S/C22H27GeN/c1-22(2,3)20-14-17(13-16-9-7-8-10-19(16)20)21-15-18(11-12-24-21)23(4,5)6/h7-15H,1-6H3. The first-order valence-electron chi connectivity index (χ1n) is 8.66. The summed E-state index contributed by atoms with van der Waals surface area (Å²) in [5, 5.41) is 2.64. The third kappa shape index (κ3) is 3.41. The van der Waals surface area contributed by atoms with E-state index in [1.165, 1.54) is 26.3 Å². The van der Waals surface area contributed by atoms with E-state index in [-0.39, 0.29) is 5.41 Å². The number of hydrogen-bond donors (Lipinski definition) is 0. The first-order chi connectivity index (χ1) is 11.2. The topological polar surface area (TPSA) is 12.9 Å². The molecule has 0 bridgehead atoms. The molecule has 2 aromatic carbocycles. The number of nitrogens with zero attached hydrogens (tertiary/aromatic N) is 1. The van der Waals surface area contributed by atoms with E-state index in [2.05, 4.69) is 91.6 Å². The molecule has 0 aliphatic heterocycles. The van der Waals surface area contributed by atoms with Crippen LogP contribution in [0.5, 0.6) is 0 Å². The third-order valence-corrected chi connectivity index (χ3v) is 8.88. The number of hydrogen-bond acceptors (Lipinski definition) is 1. The van der Waals surface area contributed by atoms with Crippen LogP contribution in [0.15, 0.2) is 54.7 Å². The van der Waals surface area contributed by atoms with Crippen LogP contribution in [0.2, 0.25) is 17.3 Å². The van der Waals surface area contributed by atoms with Gasteiger partial charge in [-0.2, -0.15) is 0 Å². The summed E-state index contributed by atoms with van der Waals surface area (Å²) >= 11 is -1.86. The fraction of sp³-hybridized carbons (Fsp3) is 0.318. The van der Waals surface area contributed by atoms with Gasteiger partial charge in [-0.1, -0.05) is 0 Å². The van der Waals surface area contributed by atoms with E-state index in [0.29, 0.717) is 0 Å². The van der Waals surface area contributed by atoms with Crippen LogP contribution in [0.4, 0.5) is 0 Å². The molecule has 124 valence electrons. The third-order valence-electron chi connectivity index (χ3n) is 4.59. The number of benzene rings is 2. The zero-order valence-electron chi connectivity index (χ0n) is 15.6. The Bertz CT molecular complexity index is 882. The van der Waals surface area contributed by atoms with Gasteiger partial charge in [0.15, 0.2) is 0 Å². The van der Waals surface area contributed by atoms with Gasteiger partial charge < -0.3 is 0 Å². The maximum absolute atomic E-state index is 4.68. The van der Waals surface area contributed by atoms with E-state index < -0.39 is 13.3 Å². The average Bonchev–Trinajstić information content (AvgIpc) is 2.52. The maximum atomic E-state index is 4.68. The van der Waals surface area contributed by atoms with Gasteiger partial charge in [-0.15, -0.1) is 0 Å². The average molecular weight is 378 g/mol. The summed E-state index contributed by atoms with van der Waals surface area (Å²) in [4.78, 5) is 4.68. The van der Waals surface area contributed by atoms with Gasteiger partial charge in [0, 0.05) is 0 Å². The molecule has 0 unspecified atom stereocenters. The number of fused-ring (bicyclic) bond motifs is 1. The molecule has 24 heavy (non-hydrogen) atoms. The SMILES string of the molecule is CC(C)(C)c1cc(-c2c[c]([Ge]([CH3])([CH3])[CH3])ccn2)cc2ccccc12. The Morgan fingerprint density at radius 2 is 1.58 bits per heavy atom. The fourth-order valence-electron chi connectivity index (χ4n) is 3.13. The van der Waals surface area contributed by atoms with Gasteiger partial charge in [0.25, 0.3) is 0 Å². The van der Waals surface area contributed by atoms with Crippen LogP contribution in [0.1, 0.15) is 26.3 Å². The van der Waals surface area contributed by atoms with Crippen molar-refractivity contribution in [1.82, 2.24) is 4.98 Å². The van der Waals surface area contributed by atoms with Crippen molar-refractivity contribution in [3.05, 3.63) is 60.3 Å². The molecule has 0 fully saturated rings. The van der Waals surface area contributed by atoms with Gasteiger partial charge in [-0.3, -0.25) is 0 Å². The monoisotopic (exact) mass is 379 g/mol. The molecule has 0 spiro atoms. The summed E-state index contributed by atoms with van der Waals surface area (Å²) in [5.74, 6) is 7.29. The van der Waals surface area contributed by atoms with Gasteiger partial charge >= 0.3 is 148 Å². The zero-order valence-corrected chi connectivity index (χ0v) is 17.7. The Kier molecular flexibility index (Phi) is 4.33. The molecule has 3 rings (SSSR count). The fourth-order valence-corrected chi connectivity index (χ4v) is 5.53. The van der Waals surface area contributed by atoms with E-state index >= 15 is 0 Å². The number of rotatable bonds is 2. The van der Waals surface area contributed by atoms with Crippen LogP contribution in [0.25, 0.3) is 22.0 Å². The Balaban J connectivity index is 2.25. The predicted octanol–water partition coefficient (Wildman–Crippen LogP) is 5.74. The van der Waals surface area contributed by atoms with Crippen molar-refractivity contribution >= 4 is 28.4 Å². The molecule has 0 aliphatic carbocycles. The van der Waals surface area contributed by atoms with Crippen LogP contribution >= 0.6 is 0 Å². The van der Waals surface area contributed by atoms with E-state index in [1.54, 1.807) is 0 Å². The molecule has 0 atom stereocenters. The van der Waals surface area contributed by atoms with Crippen LogP contribution in [-0.4, -0.2) is 18.3 Å². The minimum atomic E-state index is -1.86. The quantitative estimate of drug-likeness (QED) is 0.518.